The molecule has 0 aliphatic heterocycles. The summed E-state index contributed by atoms with van der Waals surface area (Å²) in [6, 6.07) is 4.43. The van der Waals surface area contributed by atoms with Gasteiger partial charge in [0.15, 0.2) is 5.78 Å². The summed E-state index contributed by atoms with van der Waals surface area (Å²) < 4.78 is 0. The molecule has 0 atom stereocenters. The third-order valence-electron chi connectivity index (χ3n) is 2.83. The number of hydrogen-bond donors (Lipinski definition) is 0. The molecule has 0 unspecified atom stereocenters. The molecular formula is C13H18N2O3. The van der Waals surface area contributed by atoms with Gasteiger partial charge in [0, 0.05) is 37.0 Å². The third kappa shape index (κ3) is 3.29. The van der Waals surface area contributed by atoms with Crippen LogP contribution in [0.15, 0.2) is 18.2 Å². The van der Waals surface area contributed by atoms with Crippen LogP contribution >= 0.6 is 0 Å². The number of unbranched alkanes of at least 4 members (excludes halogenated alkanes) is 1. The number of nitro groups is 1. The molecule has 5 heteroatoms. The third-order valence-corrected chi connectivity index (χ3v) is 2.83. The van der Waals surface area contributed by atoms with Crippen LogP contribution in [0, 0.1) is 10.1 Å². The predicted molar refractivity (Wildman–Crippen MR) is 71.3 cm³/mol. The Labute approximate surface area is 107 Å². The van der Waals surface area contributed by atoms with Gasteiger partial charge in [0.05, 0.1) is 4.92 Å². The lowest BCUT2D eigenvalue weighted by molar-refractivity contribution is -0.384. The molecule has 0 N–H and O–H groups in total. The fourth-order valence-corrected chi connectivity index (χ4v) is 1.77. The van der Waals surface area contributed by atoms with Crippen molar-refractivity contribution in [1.82, 2.24) is 0 Å². The number of carbonyl (C=O) groups excluding carboxylic acids is 1. The number of carbonyl (C=O) groups is 1. The van der Waals surface area contributed by atoms with Crippen LogP contribution in [-0.4, -0.2) is 24.3 Å². The topological polar surface area (TPSA) is 63.4 Å². The molecule has 0 amide bonds. The van der Waals surface area contributed by atoms with Gasteiger partial charge in [0.25, 0.3) is 5.69 Å². The van der Waals surface area contributed by atoms with Crippen LogP contribution in [0.4, 0.5) is 11.4 Å². The molecule has 1 aromatic carbocycles. The molecule has 5 nitrogen and oxygen atoms in total. The van der Waals surface area contributed by atoms with Gasteiger partial charge in [-0.3, -0.25) is 14.9 Å². The van der Waals surface area contributed by atoms with Crippen LogP contribution < -0.4 is 4.90 Å². The van der Waals surface area contributed by atoms with Gasteiger partial charge >= 0.3 is 0 Å². The Hall–Kier alpha value is -1.91. The van der Waals surface area contributed by atoms with Gasteiger partial charge < -0.3 is 4.90 Å². The Balaban J connectivity index is 3.11. The van der Waals surface area contributed by atoms with Crippen molar-refractivity contribution in [3.05, 3.63) is 33.9 Å². The molecule has 0 aliphatic carbocycles. The molecule has 0 saturated heterocycles. The quantitative estimate of drug-likeness (QED) is 0.442. The van der Waals surface area contributed by atoms with E-state index in [2.05, 4.69) is 6.92 Å². The van der Waals surface area contributed by atoms with Crippen molar-refractivity contribution in [3.8, 4) is 0 Å². The van der Waals surface area contributed by atoms with E-state index in [4.69, 9.17) is 0 Å². The highest BCUT2D eigenvalue weighted by atomic mass is 16.6. The maximum atomic E-state index is 11.6. The molecular weight excluding hydrogens is 232 g/mol. The van der Waals surface area contributed by atoms with Crippen molar-refractivity contribution in [2.24, 2.45) is 0 Å². The first-order valence-corrected chi connectivity index (χ1v) is 5.98. The van der Waals surface area contributed by atoms with E-state index in [-0.39, 0.29) is 11.5 Å². The van der Waals surface area contributed by atoms with Crippen molar-refractivity contribution >= 4 is 17.2 Å². The van der Waals surface area contributed by atoms with Crippen molar-refractivity contribution in [3.63, 3.8) is 0 Å². The monoisotopic (exact) mass is 250 g/mol. The Morgan fingerprint density at radius 3 is 2.61 bits per heavy atom. The largest absolute Gasteiger partial charge is 0.374 e. The molecule has 98 valence electrons. The van der Waals surface area contributed by atoms with Crippen LogP contribution in [0.3, 0.4) is 0 Å². The summed E-state index contributed by atoms with van der Waals surface area (Å²) in [6.07, 6.45) is 2.08. The first-order valence-electron chi connectivity index (χ1n) is 5.98. The Morgan fingerprint density at radius 2 is 2.11 bits per heavy atom. The van der Waals surface area contributed by atoms with Crippen LogP contribution in [0.2, 0.25) is 0 Å². The molecule has 1 rings (SSSR count). The zero-order valence-electron chi connectivity index (χ0n) is 11.0. The second-order valence-electron chi connectivity index (χ2n) is 4.29. The lowest BCUT2D eigenvalue weighted by Gasteiger charge is -2.21. The minimum atomic E-state index is -0.484. The van der Waals surface area contributed by atoms with E-state index in [9.17, 15) is 14.9 Å². The Bertz CT molecular complexity index is 458. The van der Waals surface area contributed by atoms with E-state index < -0.39 is 4.92 Å². The fraction of sp³-hybridized carbons (Fsp3) is 0.462. The minimum absolute atomic E-state index is 0.0483. The van der Waals surface area contributed by atoms with Crippen LogP contribution in [0.5, 0.6) is 0 Å². The highest BCUT2D eigenvalue weighted by Gasteiger charge is 2.16. The lowest BCUT2D eigenvalue weighted by Crippen LogP contribution is -2.20. The maximum Gasteiger partial charge on any atom is 0.270 e. The summed E-state index contributed by atoms with van der Waals surface area (Å²) in [4.78, 5) is 23.8. The van der Waals surface area contributed by atoms with Gasteiger partial charge in [0.2, 0.25) is 0 Å². The summed E-state index contributed by atoms with van der Waals surface area (Å²) in [5.41, 5.74) is 1.11. The number of nitrogens with zero attached hydrogens (tertiary/aromatic N) is 2. The highest BCUT2D eigenvalue weighted by Crippen LogP contribution is 2.25. The summed E-state index contributed by atoms with van der Waals surface area (Å²) in [6.45, 7) is 4.35. The second kappa shape index (κ2) is 6.14. The SMILES string of the molecule is CCCCN(C)c1ccc([N+](=O)[O-])cc1C(C)=O. The average molecular weight is 250 g/mol. The molecule has 18 heavy (non-hydrogen) atoms. The first-order chi connectivity index (χ1) is 8.47. The molecule has 0 radical (unpaired) electrons. The van der Waals surface area contributed by atoms with Crippen molar-refractivity contribution in [1.29, 1.82) is 0 Å². The van der Waals surface area contributed by atoms with Crippen LogP contribution in [0.25, 0.3) is 0 Å². The smallest absolute Gasteiger partial charge is 0.270 e. The molecule has 0 aromatic heterocycles. The van der Waals surface area contributed by atoms with E-state index in [0.29, 0.717) is 5.56 Å². The summed E-state index contributed by atoms with van der Waals surface area (Å²) in [7, 11) is 1.89. The minimum Gasteiger partial charge on any atom is -0.374 e. The van der Waals surface area contributed by atoms with Gasteiger partial charge in [0.1, 0.15) is 0 Å². The van der Waals surface area contributed by atoms with Crippen LogP contribution in [0.1, 0.15) is 37.0 Å². The zero-order valence-corrected chi connectivity index (χ0v) is 11.0. The number of Topliss-reactive ketones (excluding diaryl/α,β-unsaturated/α-hetero) is 1. The predicted octanol–water partition coefficient (Wildman–Crippen LogP) is 3.03. The number of non-ortho nitro benzene ring substituents is 1. The number of rotatable bonds is 6. The van der Waals surface area contributed by atoms with Gasteiger partial charge in [-0.15, -0.1) is 0 Å². The van der Waals surface area contributed by atoms with E-state index in [1.54, 1.807) is 6.07 Å². The second-order valence-corrected chi connectivity index (χ2v) is 4.29. The first kappa shape index (κ1) is 14.2. The van der Waals surface area contributed by atoms with Crippen molar-refractivity contribution < 1.29 is 9.72 Å². The van der Waals surface area contributed by atoms with E-state index in [1.165, 1.54) is 19.1 Å². The van der Waals surface area contributed by atoms with Crippen LogP contribution in [-0.2, 0) is 0 Å². The zero-order chi connectivity index (χ0) is 13.7. The number of ketones is 1. The maximum absolute atomic E-state index is 11.6. The summed E-state index contributed by atoms with van der Waals surface area (Å²) in [5, 5.41) is 10.7. The summed E-state index contributed by atoms with van der Waals surface area (Å²) >= 11 is 0. The van der Waals surface area contributed by atoms with E-state index in [0.717, 1.165) is 25.1 Å². The summed E-state index contributed by atoms with van der Waals surface area (Å²) in [5.74, 6) is -0.156. The number of hydrogen-bond acceptors (Lipinski definition) is 4. The lowest BCUT2D eigenvalue weighted by atomic mass is 10.1. The molecule has 0 fully saturated rings. The van der Waals surface area contributed by atoms with Gasteiger partial charge in [-0.2, -0.15) is 0 Å². The Morgan fingerprint density at radius 1 is 1.44 bits per heavy atom. The number of benzene rings is 1. The van der Waals surface area contributed by atoms with Crippen molar-refractivity contribution in [2.45, 2.75) is 26.7 Å². The normalized spacial score (nSPS) is 10.2. The van der Waals surface area contributed by atoms with E-state index in [1.807, 2.05) is 11.9 Å². The molecule has 0 saturated carbocycles. The van der Waals surface area contributed by atoms with Gasteiger partial charge in [-0.05, 0) is 19.4 Å². The highest BCUT2D eigenvalue weighted by molar-refractivity contribution is 6.00. The number of nitro benzene ring substituents is 1. The molecule has 0 heterocycles. The van der Waals surface area contributed by atoms with E-state index >= 15 is 0 Å². The van der Waals surface area contributed by atoms with Gasteiger partial charge in [-0.1, -0.05) is 13.3 Å². The average Bonchev–Trinajstić information content (AvgIpc) is 2.34. The fourth-order valence-electron chi connectivity index (χ4n) is 1.77. The molecule has 0 aliphatic rings. The standard InChI is InChI=1S/C13H18N2O3/c1-4-5-8-14(3)13-7-6-11(15(17)18)9-12(13)10(2)16/h6-7,9H,4-5,8H2,1-3H3. The molecule has 0 spiro atoms. The Kier molecular flexibility index (Phi) is 4.83. The molecule has 1 aromatic rings. The molecule has 0 bridgehead atoms. The van der Waals surface area contributed by atoms with Crippen molar-refractivity contribution in [2.75, 3.05) is 18.5 Å². The number of anilines is 1. The van der Waals surface area contributed by atoms with Gasteiger partial charge in [-0.25, -0.2) is 0 Å².